The van der Waals surface area contributed by atoms with Gasteiger partial charge in [-0.25, -0.2) is 0 Å². The number of rotatable bonds is 13. The fourth-order valence-corrected chi connectivity index (χ4v) is 26.7. The Balaban J connectivity index is 0.996. The highest BCUT2D eigenvalue weighted by molar-refractivity contribution is 7.20. The average Bonchev–Trinajstić information content (AvgIpc) is 0.690. The molecule has 0 amide bonds. The summed E-state index contributed by atoms with van der Waals surface area (Å²) >= 11 is 0. The lowest BCUT2D eigenvalue weighted by atomic mass is 9.33. The zero-order chi connectivity index (χ0) is 66.1. The van der Waals surface area contributed by atoms with Gasteiger partial charge in [-0.3, -0.25) is 0 Å². The second-order valence-corrected chi connectivity index (χ2v) is 34.7. The molecule has 0 saturated heterocycles. The van der Waals surface area contributed by atoms with Crippen LogP contribution >= 0.6 is 0 Å². The van der Waals surface area contributed by atoms with Crippen LogP contribution in [0.15, 0.2) is 388 Å². The molecule has 0 radical (unpaired) electrons. The predicted molar refractivity (Wildman–Crippen MR) is 425 cm³/mol. The van der Waals surface area contributed by atoms with Gasteiger partial charge in [0.25, 0.3) is 6.71 Å². The summed E-state index contributed by atoms with van der Waals surface area (Å²) < 4.78 is 0. The third-order valence-corrected chi connectivity index (χ3v) is 31.0. The predicted octanol–water partition coefficient (Wildman–Crippen LogP) is 16.0. The zero-order valence-corrected chi connectivity index (χ0v) is 57.4. The highest BCUT2D eigenvalue weighted by Crippen LogP contribution is 2.54. The highest BCUT2D eigenvalue weighted by Gasteiger charge is 2.49. The molecule has 468 valence electrons. The van der Waals surface area contributed by atoms with Crippen LogP contribution in [0.5, 0.6) is 0 Å². The molecule has 0 spiro atoms. The van der Waals surface area contributed by atoms with Crippen LogP contribution in [0.25, 0.3) is 22.3 Å². The topological polar surface area (TPSA) is 9.72 Å². The van der Waals surface area contributed by atoms with Crippen molar-refractivity contribution in [1.29, 1.82) is 0 Å². The second-order valence-electron chi connectivity index (χ2n) is 27.1. The molecular weight excluding hydrogens is 1230 g/mol. The Hall–Kier alpha value is -11.8. The van der Waals surface area contributed by atoms with Gasteiger partial charge < -0.3 is 14.7 Å². The first-order valence-corrected chi connectivity index (χ1v) is 38.6. The minimum absolute atomic E-state index is 0.210. The standard InChI is InChI=1S/C93H70BN3Si2/c1-93(2)82-50-27-29-52-86(82)97(87-53-30-28-51-83(87)93)73-64-90-92-91(65-73)96(72-36-31-49-80(63-72)98(74-37-15-5-16-38-74,75-39-17-6-18-40-75)76-41-19-7-20-42-76)89-66-81(99(77-43-21-8-22-44-77,78-45-23-9-24-46-78)79-47-25-10-26-48-79)59-60-84(89)94(92)85-62-70(68-34-13-4-14-35-68)56-61-88(85)95(90)71-57-54-69(55-58-71)67-32-11-3-12-33-67/h3-66H,1-2H3. The van der Waals surface area contributed by atoms with Crippen LogP contribution in [-0.2, 0) is 5.41 Å². The monoisotopic (exact) mass is 1300 g/mol. The van der Waals surface area contributed by atoms with Gasteiger partial charge in [0, 0.05) is 39.5 Å². The summed E-state index contributed by atoms with van der Waals surface area (Å²) in [5.74, 6) is 0. The Morgan fingerprint density at radius 3 is 1.05 bits per heavy atom. The van der Waals surface area contributed by atoms with Crippen molar-refractivity contribution in [1.82, 2.24) is 0 Å². The Morgan fingerprint density at radius 1 is 0.222 bits per heavy atom. The third-order valence-electron chi connectivity index (χ3n) is 21.5. The van der Waals surface area contributed by atoms with Crippen LogP contribution in [-0.4, -0.2) is 22.9 Å². The fourth-order valence-electron chi connectivity index (χ4n) is 17.1. The minimum Gasteiger partial charge on any atom is -0.311 e. The molecule has 15 aromatic carbocycles. The maximum atomic E-state index is 2.70. The lowest BCUT2D eigenvalue weighted by Crippen LogP contribution is -2.75. The Bertz CT molecular complexity index is 5230. The van der Waals surface area contributed by atoms with E-state index in [1.54, 1.807) is 0 Å². The summed E-state index contributed by atoms with van der Waals surface area (Å²) in [6.45, 7) is 4.57. The number of fused-ring (bicyclic) bond motifs is 6. The van der Waals surface area contributed by atoms with E-state index in [2.05, 4.69) is 417 Å². The average molecular weight is 1300 g/mol. The van der Waals surface area contributed by atoms with Gasteiger partial charge >= 0.3 is 0 Å². The van der Waals surface area contributed by atoms with Crippen molar-refractivity contribution in [3.8, 4) is 22.3 Å². The first kappa shape index (κ1) is 59.7. The van der Waals surface area contributed by atoms with Crippen molar-refractivity contribution in [3.63, 3.8) is 0 Å². The molecule has 0 N–H and O–H groups in total. The van der Waals surface area contributed by atoms with Gasteiger partial charge in [0.05, 0.1) is 17.1 Å². The molecule has 18 rings (SSSR count). The van der Waals surface area contributed by atoms with Gasteiger partial charge in [0.1, 0.15) is 0 Å². The van der Waals surface area contributed by atoms with Crippen LogP contribution in [0, 0.1) is 0 Å². The van der Waals surface area contributed by atoms with E-state index in [4.69, 9.17) is 0 Å². The summed E-state index contributed by atoms with van der Waals surface area (Å²) in [5.41, 5.74) is 21.0. The number of nitrogens with zero attached hydrogens (tertiary/aromatic N) is 3. The maximum absolute atomic E-state index is 3.16. The van der Waals surface area contributed by atoms with Gasteiger partial charge in [-0.05, 0) is 152 Å². The normalized spacial score (nSPS) is 13.4. The molecule has 0 unspecified atom stereocenters. The molecule has 0 atom stereocenters. The van der Waals surface area contributed by atoms with Crippen molar-refractivity contribution in [2.75, 3.05) is 14.7 Å². The molecule has 0 saturated carbocycles. The Morgan fingerprint density at radius 2 is 0.586 bits per heavy atom. The first-order valence-electron chi connectivity index (χ1n) is 34.6. The molecular formula is C93H70BN3Si2. The number of hydrogen-bond acceptors (Lipinski definition) is 3. The SMILES string of the molecule is CC1(C)c2ccccc2N(c2cc3c4c(c2)N(c2cccc([Si](c5ccccc5)(c5ccccc5)c5ccccc5)c2)c2cc([Si](c5ccccc5)(c5ccccc5)c5ccccc5)ccc2B4c2cc(-c4ccccc4)ccc2N3c2ccc(-c3ccccc3)cc2)c2ccccc21. The Kier molecular flexibility index (Phi) is 14.7. The van der Waals surface area contributed by atoms with E-state index in [1.807, 2.05) is 0 Å². The smallest absolute Gasteiger partial charge is 0.252 e. The van der Waals surface area contributed by atoms with Gasteiger partial charge in [0.2, 0.25) is 0 Å². The van der Waals surface area contributed by atoms with Crippen molar-refractivity contribution in [2.45, 2.75) is 19.3 Å². The largest absolute Gasteiger partial charge is 0.311 e. The molecule has 6 heteroatoms. The molecule has 15 aromatic rings. The van der Waals surface area contributed by atoms with E-state index >= 15 is 0 Å². The number of hydrogen-bond donors (Lipinski definition) is 0. The van der Waals surface area contributed by atoms with Gasteiger partial charge in [-0.15, -0.1) is 0 Å². The van der Waals surface area contributed by atoms with E-state index in [-0.39, 0.29) is 12.1 Å². The van der Waals surface area contributed by atoms with Crippen LogP contribution in [0.4, 0.5) is 51.2 Å². The summed E-state index contributed by atoms with van der Waals surface area (Å²) in [6, 6.07) is 148. The molecule has 0 aliphatic carbocycles. The van der Waals surface area contributed by atoms with E-state index < -0.39 is 16.1 Å². The molecule has 3 aliphatic rings. The number of para-hydroxylation sites is 2. The van der Waals surface area contributed by atoms with E-state index in [0.717, 1.165) is 39.8 Å². The first-order chi connectivity index (χ1) is 48.9. The molecule has 0 fully saturated rings. The number of benzene rings is 15. The van der Waals surface area contributed by atoms with Crippen LogP contribution in [0.2, 0.25) is 0 Å². The lowest BCUT2D eigenvalue weighted by Gasteiger charge is -2.47. The number of anilines is 9. The molecule has 3 heterocycles. The Labute approximate surface area is 583 Å². The van der Waals surface area contributed by atoms with Crippen molar-refractivity contribution < 1.29 is 0 Å². The summed E-state index contributed by atoms with van der Waals surface area (Å²) in [6.07, 6.45) is 0. The molecule has 0 aromatic heterocycles. The van der Waals surface area contributed by atoms with Crippen molar-refractivity contribution in [3.05, 3.63) is 399 Å². The zero-order valence-electron chi connectivity index (χ0n) is 55.4. The van der Waals surface area contributed by atoms with E-state index in [1.165, 1.54) is 103 Å². The van der Waals surface area contributed by atoms with Crippen LogP contribution in [0.1, 0.15) is 25.0 Å². The van der Waals surface area contributed by atoms with Crippen LogP contribution < -0.4 is 72.6 Å². The molecule has 3 aliphatic heterocycles. The maximum Gasteiger partial charge on any atom is 0.252 e. The molecule has 3 nitrogen and oxygen atoms in total. The summed E-state index contributed by atoms with van der Waals surface area (Å²) in [4.78, 5) is 7.87. The summed E-state index contributed by atoms with van der Waals surface area (Å²) in [7, 11) is -6.27. The van der Waals surface area contributed by atoms with Gasteiger partial charge in [-0.2, -0.15) is 0 Å². The van der Waals surface area contributed by atoms with E-state index in [9.17, 15) is 0 Å². The second kappa shape index (κ2) is 24.4. The quantitative estimate of drug-likeness (QED) is 0.0841. The van der Waals surface area contributed by atoms with Gasteiger partial charge in [0.15, 0.2) is 16.1 Å². The van der Waals surface area contributed by atoms with Gasteiger partial charge in [-0.1, -0.05) is 341 Å². The minimum atomic E-state index is -3.16. The van der Waals surface area contributed by atoms with Crippen molar-refractivity contribution >= 4 is 132 Å². The van der Waals surface area contributed by atoms with Crippen molar-refractivity contribution in [2.24, 2.45) is 0 Å². The fraction of sp³-hybridized carbons (Fsp3) is 0.0323. The van der Waals surface area contributed by atoms with Crippen LogP contribution in [0.3, 0.4) is 0 Å². The lowest BCUT2D eigenvalue weighted by molar-refractivity contribution is 0.632. The van der Waals surface area contributed by atoms with E-state index in [0.29, 0.717) is 0 Å². The summed E-state index contributed by atoms with van der Waals surface area (Å²) in [5, 5.41) is 10.6. The third kappa shape index (κ3) is 9.61. The molecule has 0 bridgehead atoms. The molecule has 99 heavy (non-hydrogen) atoms. The highest BCUT2D eigenvalue weighted by atomic mass is 28.3.